The fourth-order valence-electron chi connectivity index (χ4n) is 1.76. The highest BCUT2D eigenvalue weighted by molar-refractivity contribution is 6.45. The number of pyridine rings is 1. The Bertz CT molecular complexity index is 842. The highest BCUT2D eigenvalue weighted by Gasteiger charge is 2.29. The zero-order valence-electron chi connectivity index (χ0n) is 13.0. The van der Waals surface area contributed by atoms with E-state index in [2.05, 4.69) is 20.8 Å². The van der Waals surface area contributed by atoms with Crippen LogP contribution in [0, 0.1) is 11.3 Å². The number of nitriles is 1. The van der Waals surface area contributed by atoms with Crippen molar-refractivity contribution in [1.82, 2.24) is 10.3 Å². The molecule has 1 heterocycles. The molecule has 2 N–H and O–H groups in total. The Hall–Kier alpha value is -3.12. The average molecular weight is 382 g/mol. The van der Waals surface area contributed by atoms with E-state index in [1.807, 2.05) is 0 Å². The SMILES string of the molecule is N#CC(=NNc1ccc(C(F)(F)F)cc1)C(=O)NCc1ccc(Cl)nc1. The van der Waals surface area contributed by atoms with Crippen LogP contribution >= 0.6 is 11.6 Å². The summed E-state index contributed by atoms with van der Waals surface area (Å²) in [5.41, 5.74) is 1.93. The van der Waals surface area contributed by atoms with Crippen LogP contribution in [0.25, 0.3) is 0 Å². The Labute approximate surface area is 151 Å². The first-order valence-electron chi connectivity index (χ1n) is 7.09. The van der Waals surface area contributed by atoms with Crippen molar-refractivity contribution in [2.75, 3.05) is 5.43 Å². The predicted octanol–water partition coefficient (Wildman–Crippen LogP) is 3.36. The van der Waals surface area contributed by atoms with E-state index in [0.29, 0.717) is 10.7 Å². The number of benzene rings is 1. The molecule has 2 aromatic rings. The molecule has 1 aromatic carbocycles. The number of aromatic nitrogens is 1. The van der Waals surface area contributed by atoms with E-state index in [9.17, 15) is 18.0 Å². The van der Waals surface area contributed by atoms with Gasteiger partial charge in [-0.3, -0.25) is 10.2 Å². The van der Waals surface area contributed by atoms with Crippen LogP contribution in [0.15, 0.2) is 47.7 Å². The third-order valence-electron chi connectivity index (χ3n) is 3.07. The Kier molecular flexibility index (Phi) is 6.14. The summed E-state index contributed by atoms with van der Waals surface area (Å²) < 4.78 is 37.5. The van der Waals surface area contributed by atoms with Crippen LogP contribution in [0.5, 0.6) is 0 Å². The van der Waals surface area contributed by atoms with Gasteiger partial charge in [0.15, 0.2) is 0 Å². The summed E-state index contributed by atoms with van der Waals surface area (Å²) in [6.07, 6.45) is -2.98. The predicted molar refractivity (Wildman–Crippen MR) is 89.2 cm³/mol. The fourth-order valence-corrected chi connectivity index (χ4v) is 1.87. The molecule has 2 rings (SSSR count). The number of nitrogens with one attached hydrogen (secondary N) is 2. The van der Waals surface area contributed by atoms with Crippen molar-refractivity contribution in [3.05, 3.63) is 58.9 Å². The number of anilines is 1. The summed E-state index contributed by atoms with van der Waals surface area (Å²) in [6.45, 7) is 0.101. The van der Waals surface area contributed by atoms with Gasteiger partial charge in [0.2, 0.25) is 5.71 Å². The number of carbonyl (C=O) groups excluding carboxylic acids is 1. The van der Waals surface area contributed by atoms with Gasteiger partial charge in [0.25, 0.3) is 5.91 Å². The molecule has 0 aliphatic rings. The van der Waals surface area contributed by atoms with Gasteiger partial charge in [0.1, 0.15) is 11.2 Å². The normalized spacial score (nSPS) is 11.6. The quantitative estimate of drug-likeness (QED) is 0.472. The summed E-state index contributed by atoms with van der Waals surface area (Å²) in [4.78, 5) is 15.8. The lowest BCUT2D eigenvalue weighted by Crippen LogP contribution is -2.30. The Morgan fingerprint density at radius 2 is 1.92 bits per heavy atom. The topological polar surface area (TPSA) is 90.2 Å². The Morgan fingerprint density at radius 1 is 1.23 bits per heavy atom. The van der Waals surface area contributed by atoms with Gasteiger partial charge in [-0.2, -0.15) is 23.5 Å². The molecule has 0 atom stereocenters. The fraction of sp³-hybridized carbons (Fsp3) is 0.125. The Balaban J connectivity index is 1.97. The molecule has 10 heteroatoms. The molecule has 0 radical (unpaired) electrons. The van der Waals surface area contributed by atoms with Crippen LogP contribution in [-0.2, 0) is 17.5 Å². The molecule has 0 spiro atoms. The van der Waals surface area contributed by atoms with Crippen LogP contribution < -0.4 is 10.7 Å². The number of hydrazone groups is 1. The number of hydrogen-bond acceptors (Lipinski definition) is 5. The maximum absolute atomic E-state index is 12.5. The second kappa shape index (κ2) is 8.31. The van der Waals surface area contributed by atoms with Gasteiger partial charge in [0.05, 0.1) is 11.3 Å². The van der Waals surface area contributed by atoms with Crippen molar-refractivity contribution < 1.29 is 18.0 Å². The maximum atomic E-state index is 12.5. The molecule has 1 aromatic heterocycles. The van der Waals surface area contributed by atoms with E-state index < -0.39 is 23.4 Å². The largest absolute Gasteiger partial charge is 0.416 e. The average Bonchev–Trinajstić information content (AvgIpc) is 2.61. The summed E-state index contributed by atoms with van der Waals surface area (Å²) in [5, 5.41) is 15.4. The molecule has 6 nitrogen and oxygen atoms in total. The van der Waals surface area contributed by atoms with Crippen LogP contribution in [0.2, 0.25) is 5.15 Å². The third kappa shape index (κ3) is 5.46. The zero-order chi connectivity index (χ0) is 19.2. The number of nitrogens with zero attached hydrogens (tertiary/aromatic N) is 3. The van der Waals surface area contributed by atoms with Crippen molar-refractivity contribution in [3.63, 3.8) is 0 Å². The summed E-state index contributed by atoms with van der Waals surface area (Å²) >= 11 is 5.65. The molecule has 0 fully saturated rings. The van der Waals surface area contributed by atoms with Crippen LogP contribution in [0.1, 0.15) is 11.1 Å². The molecule has 0 saturated heterocycles. The van der Waals surface area contributed by atoms with Crippen LogP contribution in [0.3, 0.4) is 0 Å². The Morgan fingerprint density at radius 3 is 2.46 bits per heavy atom. The minimum absolute atomic E-state index is 0.101. The van der Waals surface area contributed by atoms with Gasteiger partial charge in [-0.1, -0.05) is 17.7 Å². The molecule has 0 saturated carbocycles. The highest BCUT2D eigenvalue weighted by Crippen LogP contribution is 2.29. The van der Waals surface area contributed by atoms with Crippen molar-refractivity contribution >= 4 is 28.9 Å². The van der Waals surface area contributed by atoms with Gasteiger partial charge >= 0.3 is 6.18 Å². The molecular weight excluding hydrogens is 371 g/mol. The van der Waals surface area contributed by atoms with Crippen LogP contribution in [-0.4, -0.2) is 16.6 Å². The molecule has 0 aliphatic carbocycles. The summed E-state index contributed by atoms with van der Waals surface area (Å²) in [6, 6.07) is 8.81. The monoisotopic (exact) mass is 381 g/mol. The molecule has 1 amide bonds. The molecular formula is C16H11ClF3N5O. The number of amides is 1. The van der Waals surface area contributed by atoms with Crippen LogP contribution in [0.4, 0.5) is 18.9 Å². The summed E-state index contributed by atoms with van der Waals surface area (Å²) in [5.74, 6) is -0.748. The molecule has 0 aliphatic heterocycles. The van der Waals surface area contributed by atoms with E-state index >= 15 is 0 Å². The first-order valence-corrected chi connectivity index (χ1v) is 7.47. The second-order valence-electron chi connectivity index (χ2n) is 4.93. The highest BCUT2D eigenvalue weighted by atomic mass is 35.5. The molecule has 134 valence electrons. The van der Waals surface area contributed by atoms with E-state index in [0.717, 1.165) is 24.3 Å². The lowest BCUT2D eigenvalue weighted by Gasteiger charge is -2.07. The molecule has 26 heavy (non-hydrogen) atoms. The van der Waals surface area contributed by atoms with E-state index in [4.69, 9.17) is 16.9 Å². The molecule has 0 unspecified atom stereocenters. The number of alkyl halides is 3. The smallest absolute Gasteiger partial charge is 0.346 e. The first kappa shape index (κ1) is 19.2. The standard InChI is InChI=1S/C16H11ClF3N5O/c17-14-6-1-10(8-22-14)9-23-15(26)13(7-21)25-24-12-4-2-11(3-5-12)16(18,19)20/h1-6,8,24H,9H2,(H,23,26). The van der Waals surface area contributed by atoms with Gasteiger partial charge in [-0.05, 0) is 35.9 Å². The minimum Gasteiger partial charge on any atom is -0.346 e. The van der Waals surface area contributed by atoms with E-state index in [-0.39, 0.29) is 12.2 Å². The second-order valence-corrected chi connectivity index (χ2v) is 5.32. The van der Waals surface area contributed by atoms with Crippen molar-refractivity contribution in [1.29, 1.82) is 5.26 Å². The van der Waals surface area contributed by atoms with Gasteiger partial charge in [0, 0.05) is 12.7 Å². The van der Waals surface area contributed by atoms with Gasteiger partial charge in [-0.15, -0.1) is 0 Å². The molecule has 0 bridgehead atoms. The van der Waals surface area contributed by atoms with E-state index in [1.54, 1.807) is 18.2 Å². The lowest BCUT2D eigenvalue weighted by atomic mass is 10.2. The van der Waals surface area contributed by atoms with Crippen molar-refractivity contribution in [2.45, 2.75) is 12.7 Å². The zero-order valence-corrected chi connectivity index (χ0v) is 13.8. The maximum Gasteiger partial charge on any atom is 0.416 e. The first-order chi connectivity index (χ1) is 12.3. The third-order valence-corrected chi connectivity index (χ3v) is 3.30. The van der Waals surface area contributed by atoms with Crippen molar-refractivity contribution in [2.24, 2.45) is 5.10 Å². The minimum atomic E-state index is -4.45. The number of carbonyl (C=O) groups is 1. The van der Waals surface area contributed by atoms with Gasteiger partial charge in [-0.25, -0.2) is 4.98 Å². The summed E-state index contributed by atoms with van der Waals surface area (Å²) in [7, 11) is 0. The number of hydrogen-bond donors (Lipinski definition) is 2. The lowest BCUT2D eigenvalue weighted by molar-refractivity contribution is -0.137. The van der Waals surface area contributed by atoms with Gasteiger partial charge < -0.3 is 5.32 Å². The van der Waals surface area contributed by atoms with E-state index in [1.165, 1.54) is 6.20 Å². The van der Waals surface area contributed by atoms with Crippen molar-refractivity contribution in [3.8, 4) is 6.07 Å². The number of rotatable bonds is 5. The number of halogens is 4.